The molecule has 0 unspecified atom stereocenters. The minimum atomic E-state index is 0.169. The van der Waals surface area contributed by atoms with Gasteiger partial charge >= 0.3 is 0 Å². The first-order chi connectivity index (χ1) is 14.6. The monoisotopic (exact) mass is 403 g/mol. The Bertz CT molecular complexity index is 1220. The topological polar surface area (TPSA) is 106 Å². The van der Waals surface area contributed by atoms with Crippen LogP contribution in [0.4, 0.5) is 5.82 Å². The SMILES string of the molecule is CC(=O)N1CCC(CCn2nc(-c3ccc4cc[nH]c4c3)c3c(N)ncnc32)CC1. The number of amides is 1. The average Bonchev–Trinajstić information content (AvgIpc) is 3.37. The summed E-state index contributed by atoms with van der Waals surface area (Å²) in [6.45, 7) is 4.10. The van der Waals surface area contributed by atoms with Crippen LogP contribution in [-0.2, 0) is 11.3 Å². The first-order valence-corrected chi connectivity index (χ1v) is 10.4. The molecule has 0 radical (unpaired) electrons. The van der Waals surface area contributed by atoms with Crippen LogP contribution in [0.2, 0.25) is 0 Å². The van der Waals surface area contributed by atoms with Gasteiger partial charge in [-0.3, -0.25) is 4.79 Å². The number of aryl methyl sites for hydroxylation is 1. The molecule has 1 amide bonds. The third-order valence-electron chi connectivity index (χ3n) is 6.20. The molecule has 0 bridgehead atoms. The molecular formula is C22H25N7O. The number of nitrogens with two attached hydrogens (primary N) is 1. The molecule has 3 N–H and O–H groups in total. The van der Waals surface area contributed by atoms with Crippen molar-refractivity contribution >= 4 is 33.7 Å². The molecule has 1 saturated heterocycles. The second-order valence-corrected chi connectivity index (χ2v) is 8.05. The molecule has 1 aromatic carbocycles. The Labute approximate surface area is 174 Å². The van der Waals surface area contributed by atoms with Crippen molar-refractivity contribution in [2.75, 3.05) is 18.8 Å². The van der Waals surface area contributed by atoms with E-state index >= 15 is 0 Å². The molecule has 0 aliphatic carbocycles. The Hall–Kier alpha value is -3.42. The van der Waals surface area contributed by atoms with Gasteiger partial charge in [0.05, 0.1) is 5.39 Å². The number of rotatable bonds is 4. The van der Waals surface area contributed by atoms with Crippen LogP contribution in [0.15, 0.2) is 36.8 Å². The normalized spacial score (nSPS) is 15.3. The number of carbonyl (C=O) groups excluding carboxylic acids is 1. The Morgan fingerprint density at radius 3 is 2.87 bits per heavy atom. The van der Waals surface area contributed by atoms with Crippen molar-refractivity contribution in [2.45, 2.75) is 32.7 Å². The van der Waals surface area contributed by atoms with E-state index in [0.29, 0.717) is 11.7 Å². The minimum absolute atomic E-state index is 0.169. The van der Waals surface area contributed by atoms with Crippen LogP contribution in [-0.4, -0.2) is 48.6 Å². The van der Waals surface area contributed by atoms with E-state index in [2.05, 4.69) is 33.2 Å². The molecule has 8 nitrogen and oxygen atoms in total. The quantitative estimate of drug-likeness (QED) is 0.544. The second kappa shape index (κ2) is 7.44. The Balaban J connectivity index is 1.43. The van der Waals surface area contributed by atoms with Crippen LogP contribution in [0.25, 0.3) is 33.2 Å². The summed E-state index contributed by atoms with van der Waals surface area (Å²) in [6, 6.07) is 8.27. The number of carbonyl (C=O) groups is 1. The largest absolute Gasteiger partial charge is 0.383 e. The predicted molar refractivity (Wildman–Crippen MR) is 117 cm³/mol. The van der Waals surface area contributed by atoms with E-state index in [4.69, 9.17) is 10.8 Å². The fourth-order valence-electron chi connectivity index (χ4n) is 4.42. The highest BCUT2D eigenvalue weighted by Gasteiger charge is 2.22. The number of H-pyrrole nitrogens is 1. The van der Waals surface area contributed by atoms with Crippen LogP contribution in [0.1, 0.15) is 26.2 Å². The van der Waals surface area contributed by atoms with E-state index in [-0.39, 0.29) is 5.91 Å². The zero-order valence-electron chi connectivity index (χ0n) is 17.0. The van der Waals surface area contributed by atoms with Crippen LogP contribution < -0.4 is 5.73 Å². The van der Waals surface area contributed by atoms with Crippen molar-refractivity contribution < 1.29 is 4.79 Å². The maximum atomic E-state index is 11.5. The standard InChI is InChI=1S/C22H25N7O/c1-14(30)28-9-5-15(6-10-28)7-11-29-22-19(21(23)25-13-26-22)20(27-29)17-3-2-16-4-8-24-18(16)12-17/h2-4,8,12-13,15,24H,5-7,9-11H2,1H3,(H2,23,25,26). The molecule has 8 heteroatoms. The van der Waals surface area contributed by atoms with Crippen molar-refractivity contribution in [2.24, 2.45) is 5.92 Å². The highest BCUT2D eigenvalue weighted by molar-refractivity contribution is 5.99. The summed E-state index contributed by atoms with van der Waals surface area (Å²) in [4.78, 5) is 25.4. The number of anilines is 1. The van der Waals surface area contributed by atoms with E-state index in [0.717, 1.165) is 72.1 Å². The molecule has 5 rings (SSSR count). The molecule has 1 fully saturated rings. The number of likely N-dealkylation sites (tertiary alicyclic amines) is 1. The summed E-state index contributed by atoms with van der Waals surface area (Å²) in [7, 11) is 0. The number of nitrogens with one attached hydrogen (secondary N) is 1. The summed E-state index contributed by atoms with van der Waals surface area (Å²) in [6.07, 6.45) is 6.50. The fraction of sp³-hybridized carbons (Fsp3) is 0.364. The van der Waals surface area contributed by atoms with Crippen molar-refractivity contribution in [3.05, 3.63) is 36.8 Å². The molecule has 0 atom stereocenters. The second-order valence-electron chi connectivity index (χ2n) is 8.05. The number of nitrogen functional groups attached to an aromatic ring is 1. The van der Waals surface area contributed by atoms with E-state index < -0.39 is 0 Å². The number of hydrogen-bond donors (Lipinski definition) is 2. The summed E-state index contributed by atoms with van der Waals surface area (Å²) in [5, 5.41) is 6.85. The number of aromatic nitrogens is 5. The molecule has 3 aromatic heterocycles. The highest BCUT2D eigenvalue weighted by atomic mass is 16.2. The molecule has 4 aromatic rings. The van der Waals surface area contributed by atoms with Gasteiger partial charge in [0.15, 0.2) is 5.65 Å². The zero-order valence-corrected chi connectivity index (χ0v) is 17.0. The summed E-state index contributed by atoms with van der Waals surface area (Å²) < 4.78 is 1.96. The van der Waals surface area contributed by atoms with Crippen molar-refractivity contribution in [3.63, 3.8) is 0 Å². The lowest BCUT2D eigenvalue weighted by molar-refractivity contribution is -0.130. The number of piperidine rings is 1. The lowest BCUT2D eigenvalue weighted by atomic mass is 9.93. The molecule has 30 heavy (non-hydrogen) atoms. The van der Waals surface area contributed by atoms with E-state index in [9.17, 15) is 4.79 Å². The number of aromatic amines is 1. The zero-order chi connectivity index (χ0) is 20.7. The Morgan fingerprint density at radius 2 is 2.07 bits per heavy atom. The predicted octanol–water partition coefficient (Wildman–Crippen LogP) is 3.21. The molecule has 1 aliphatic heterocycles. The van der Waals surface area contributed by atoms with Gasteiger partial charge in [0.1, 0.15) is 17.8 Å². The lowest BCUT2D eigenvalue weighted by Crippen LogP contribution is -2.37. The fourth-order valence-corrected chi connectivity index (χ4v) is 4.42. The third-order valence-corrected chi connectivity index (χ3v) is 6.20. The van der Waals surface area contributed by atoms with Gasteiger partial charge in [-0.25, -0.2) is 14.6 Å². The van der Waals surface area contributed by atoms with Gasteiger partial charge in [-0.05, 0) is 42.7 Å². The molecular weight excluding hydrogens is 378 g/mol. The Kier molecular flexibility index (Phi) is 4.61. The van der Waals surface area contributed by atoms with Crippen molar-refractivity contribution in [3.8, 4) is 11.3 Å². The van der Waals surface area contributed by atoms with E-state index in [1.807, 2.05) is 21.8 Å². The molecule has 0 spiro atoms. The van der Waals surface area contributed by atoms with Gasteiger partial charge in [0.2, 0.25) is 5.91 Å². The van der Waals surface area contributed by atoms with Crippen LogP contribution >= 0.6 is 0 Å². The first kappa shape index (κ1) is 18.6. The number of fused-ring (bicyclic) bond motifs is 2. The maximum absolute atomic E-state index is 11.5. The summed E-state index contributed by atoms with van der Waals surface area (Å²) in [5.74, 6) is 1.20. The molecule has 0 saturated carbocycles. The van der Waals surface area contributed by atoms with Crippen LogP contribution in [0.5, 0.6) is 0 Å². The average molecular weight is 403 g/mol. The Morgan fingerprint density at radius 1 is 1.23 bits per heavy atom. The highest BCUT2D eigenvalue weighted by Crippen LogP contribution is 2.32. The lowest BCUT2D eigenvalue weighted by Gasteiger charge is -2.31. The van der Waals surface area contributed by atoms with E-state index in [1.54, 1.807) is 6.92 Å². The molecule has 1 aliphatic rings. The number of benzene rings is 1. The minimum Gasteiger partial charge on any atom is -0.383 e. The summed E-state index contributed by atoms with van der Waals surface area (Å²) in [5.41, 5.74) is 9.86. The van der Waals surface area contributed by atoms with Gasteiger partial charge in [0.25, 0.3) is 0 Å². The van der Waals surface area contributed by atoms with Gasteiger partial charge in [0, 0.05) is 43.8 Å². The maximum Gasteiger partial charge on any atom is 0.219 e. The van der Waals surface area contributed by atoms with Gasteiger partial charge in [-0.15, -0.1) is 0 Å². The third kappa shape index (κ3) is 3.28. The van der Waals surface area contributed by atoms with Gasteiger partial charge in [-0.1, -0.05) is 12.1 Å². The van der Waals surface area contributed by atoms with Gasteiger partial charge in [-0.2, -0.15) is 5.10 Å². The van der Waals surface area contributed by atoms with E-state index in [1.165, 1.54) is 6.33 Å². The van der Waals surface area contributed by atoms with Crippen molar-refractivity contribution in [1.82, 2.24) is 29.6 Å². The summed E-state index contributed by atoms with van der Waals surface area (Å²) >= 11 is 0. The van der Waals surface area contributed by atoms with Crippen LogP contribution in [0.3, 0.4) is 0 Å². The number of hydrogen-bond acceptors (Lipinski definition) is 5. The van der Waals surface area contributed by atoms with Crippen molar-refractivity contribution in [1.29, 1.82) is 0 Å². The molecule has 154 valence electrons. The smallest absolute Gasteiger partial charge is 0.219 e. The first-order valence-electron chi connectivity index (χ1n) is 10.4. The van der Waals surface area contributed by atoms with Gasteiger partial charge < -0.3 is 15.6 Å². The van der Waals surface area contributed by atoms with Crippen LogP contribution in [0, 0.1) is 5.92 Å². The number of nitrogens with zero attached hydrogens (tertiary/aromatic N) is 5. The molecule has 4 heterocycles.